The van der Waals surface area contributed by atoms with Gasteiger partial charge in [0.05, 0.1) is 41.9 Å². The number of nitrogens with one attached hydrogen (secondary N) is 1. The van der Waals surface area contributed by atoms with Gasteiger partial charge in [0.15, 0.2) is 5.69 Å². The Balaban J connectivity index is 1.58. The molecule has 0 fully saturated rings. The first kappa shape index (κ1) is 21.9. The normalized spacial score (nSPS) is 11.8. The van der Waals surface area contributed by atoms with Crippen molar-refractivity contribution in [1.82, 2.24) is 29.3 Å². The summed E-state index contributed by atoms with van der Waals surface area (Å²) in [5.74, 6) is -0.371. The van der Waals surface area contributed by atoms with E-state index in [1.54, 1.807) is 17.1 Å². The van der Waals surface area contributed by atoms with Crippen molar-refractivity contribution in [2.75, 3.05) is 5.32 Å². The van der Waals surface area contributed by atoms with Crippen LogP contribution in [0.2, 0.25) is 5.02 Å². The van der Waals surface area contributed by atoms with Crippen molar-refractivity contribution in [3.05, 3.63) is 46.3 Å². The van der Waals surface area contributed by atoms with E-state index in [2.05, 4.69) is 20.6 Å². The molecule has 0 aromatic carbocycles. The molecule has 0 aliphatic carbocycles. The molecule has 8 nitrogen and oxygen atoms in total. The van der Waals surface area contributed by atoms with E-state index in [1.807, 2.05) is 18.5 Å². The van der Waals surface area contributed by atoms with Gasteiger partial charge >= 0.3 is 6.18 Å². The van der Waals surface area contributed by atoms with Gasteiger partial charge in [-0.1, -0.05) is 11.6 Å². The second-order valence-electron chi connectivity index (χ2n) is 6.76. The molecule has 0 aliphatic heterocycles. The zero-order valence-electron chi connectivity index (χ0n) is 16.7. The highest BCUT2D eigenvalue weighted by Gasteiger charge is 2.38. The van der Waals surface area contributed by atoms with Gasteiger partial charge in [0.25, 0.3) is 0 Å². The van der Waals surface area contributed by atoms with E-state index in [1.165, 1.54) is 13.1 Å². The molecule has 1 N–H and O–H groups in total. The number of carbonyl (C=O) groups excluding carboxylic acids is 1. The Hall–Kier alpha value is -2.82. The van der Waals surface area contributed by atoms with Crippen LogP contribution in [-0.4, -0.2) is 35.2 Å². The molecule has 3 aromatic rings. The molecule has 1 amide bonds. The number of hydrogen-bond donors (Lipinski definition) is 1. The highest BCUT2D eigenvalue weighted by Crippen LogP contribution is 2.35. The predicted molar refractivity (Wildman–Crippen MR) is 104 cm³/mol. The number of amides is 1. The molecule has 3 heterocycles. The van der Waals surface area contributed by atoms with Crippen molar-refractivity contribution < 1.29 is 18.0 Å². The van der Waals surface area contributed by atoms with Crippen molar-refractivity contribution in [2.24, 2.45) is 0 Å². The fourth-order valence-electron chi connectivity index (χ4n) is 3.00. The summed E-state index contributed by atoms with van der Waals surface area (Å²) in [4.78, 5) is 12.2. The Kier molecular flexibility index (Phi) is 6.20. The molecule has 0 radical (unpaired) electrons. The molecule has 12 heteroatoms. The first-order chi connectivity index (χ1) is 14.1. The van der Waals surface area contributed by atoms with Crippen LogP contribution in [0.3, 0.4) is 0 Å². The van der Waals surface area contributed by atoms with E-state index in [0.29, 0.717) is 12.2 Å². The number of aryl methyl sites for hydroxylation is 2. The second kappa shape index (κ2) is 8.50. The standard InChI is InChI=1S/C18H21ClF3N7O/c1-4-28-11(2)13(7-24-28)9-27-10-14(8-23-27)25-15(30)5-6-29-12(3)16(19)17(26-29)18(20,21)22/h7-8,10H,4-6,9H2,1-3H3,(H,25,30). The Morgan fingerprint density at radius 3 is 2.50 bits per heavy atom. The third kappa shape index (κ3) is 4.66. The Labute approximate surface area is 175 Å². The molecular formula is C18H21ClF3N7O. The molecular weight excluding hydrogens is 423 g/mol. The van der Waals surface area contributed by atoms with E-state index in [-0.39, 0.29) is 24.6 Å². The molecule has 0 saturated heterocycles. The van der Waals surface area contributed by atoms with Gasteiger partial charge in [-0.05, 0) is 20.8 Å². The summed E-state index contributed by atoms with van der Waals surface area (Å²) >= 11 is 5.71. The predicted octanol–water partition coefficient (Wildman–Crippen LogP) is 3.66. The minimum absolute atomic E-state index is 0.0308. The van der Waals surface area contributed by atoms with E-state index < -0.39 is 16.9 Å². The molecule has 3 rings (SSSR count). The van der Waals surface area contributed by atoms with Crippen molar-refractivity contribution >= 4 is 23.2 Å². The van der Waals surface area contributed by atoms with Crippen molar-refractivity contribution in [3.63, 3.8) is 0 Å². The smallest absolute Gasteiger partial charge is 0.323 e. The number of nitrogens with zero attached hydrogens (tertiary/aromatic N) is 6. The summed E-state index contributed by atoms with van der Waals surface area (Å²) in [5, 5.41) is 14.2. The van der Waals surface area contributed by atoms with Crippen molar-refractivity contribution in [1.29, 1.82) is 0 Å². The summed E-state index contributed by atoms with van der Waals surface area (Å²) in [6, 6.07) is 0. The van der Waals surface area contributed by atoms with Crippen LogP contribution in [0.15, 0.2) is 18.6 Å². The lowest BCUT2D eigenvalue weighted by molar-refractivity contribution is -0.141. The molecule has 0 bridgehead atoms. The van der Waals surface area contributed by atoms with Crippen LogP contribution in [-0.2, 0) is 30.6 Å². The fraction of sp³-hybridized carbons (Fsp3) is 0.444. The summed E-state index contributed by atoms with van der Waals surface area (Å²) in [6.45, 7) is 6.66. The van der Waals surface area contributed by atoms with E-state index >= 15 is 0 Å². The minimum atomic E-state index is -4.64. The van der Waals surface area contributed by atoms with Gasteiger partial charge in [0.1, 0.15) is 0 Å². The lowest BCUT2D eigenvalue weighted by Gasteiger charge is -2.05. The first-order valence-electron chi connectivity index (χ1n) is 9.23. The van der Waals surface area contributed by atoms with Crippen molar-refractivity contribution in [3.8, 4) is 0 Å². The number of rotatable bonds is 7. The van der Waals surface area contributed by atoms with E-state index in [0.717, 1.165) is 22.5 Å². The van der Waals surface area contributed by atoms with Crippen LogP contribution < -0.4 is 5.32 Å². The number of halogens is 4. The maximum Gasteiger partial charge on any atom is 0.436 e. The van der Waals surface area contributed by atoms with Gasteiger partial charge < -0.3 is 5.32 Å². The lowest BCUT2D eigenvalue weighted by Crippen LogP contribution is -2.16. The fourth-order valence-corrected chi connectivity index (χ4v) is 3.24. The highest BCUT2D eigenvalue weighted by atomic mass is 35.5. The largest absolute Gasteiger partial charge is 0.436 e. The first-order valence-corrected chi connectivity index (χ1v) is 9.61. The topological polar surface area (TPSA) is 82.6 Å². The van der Waals surface area contributed by atoms with E-state index in [4.69, 9.17) is 11.6 Å². The SMILES string of the molecule is CCn1ncc(Cn2cc(NC(=O)CCn3nc(C(F)(F)F)c(Cl)c3C)cn2)c1C. The van der Waals surface area contributed by atoms with Crippen LogP contribution >= 0.6 is 11.6 Å². The summed E-state index contributed by atoms with van der Waals surface area (Å²) in [7, 11) is 0. The maximum atomic E-state index is 12.9. The molecule has 0 unspecified atom stereocenters. The molecule has 0 aliphatic rings. The minimum Gasteiger partial charge on any atom is -0.323 e. The van der Waals surface area contributed by atoms with Gasteiger partial charge in [-0.25, -0.2) is 0 Å². The average molecular weight is 444 g/mol. The van der Waals surface area contributed by atoms with Crippen molar-refractivity contribution in [2.45, 2.75) is 53.0 Å². The third-order valence-corrected chi connectivity index (χ3v) is 5.16. The summed E-state index contributed by atoms with van der Waals surface area (Å²) < 4.78 is 43.3. The van der Waals surface area contributed by atoms with Crippen LogP contribution in [0.4, 0.5) is 18.9 Å². The molecule has 0 saturated carbocycles. The molecule has 0 spiro atoms. The number of alkyl halides is 3. The molecule has 0 atom stereocenters. The second-order valence-corrected chi connectivity index (χ2v) is 7.14. The van der Waals surface area contributed by atoms with Crippen LogP contribution in [0.1, 0.15) is 36.0 Å². The van der Waals surface area contributed by atoms with Gasteiger partial charge in [-0.15, -0.1) is 0 Å². The lowest BCUT2D eigenvalue weighted by atomic mass is 10.2. The number of hydrogen-bond acceptors (Lipinski definition) is 4. The molecule has 162 valence electrons. The van der Waals surface area contributed by atoms with Gasteiger partial charge in [-0.3, -0.25) is 18.8 Å². The van der Waals surface area contributed by atoms with E-state index in [9.17, 15) is 18.0 Å². The van der Waals surface area contributed by atoms with Gasteiger partial charge in [-0.2, -0.15) is 28.5 Å². The zero-order chi connectivity index (χ0) is 22.1. The maximum absolute atomic E-state index is 12.9. The van der Waals surface area contributed by atoms with Gasteiger partial charge in [0, 0.05) is 30.4 Å². The monoisotopic (exact) mass is 443 g/mol. The Morgan fingerprint density at radius 2 is 1.90 bits per heavy atom. The molecule has 30 heavy (non-hydrogen) atoms. The quantitative estimate of drug-likeness (QED) is 0.604. The van der Waals surface area contributed by atoms with Crippen LogP contribution in [0.5, 0.6) is 0 Å². The summed E-state index contributed by atoms with van der Waals surface area (Å²) in [5.41, 5.74) is 1.57. The van der Waals surface area contributed by atoms with Crippen LogP contribution in [0.25, 0.3) is 0 Å². The zero-order valence-corrected chi connectivity index (χ0v) is 17.4. The highest BCUT2D eigenvalue weighted by molar-refractivity contribution is 6.31. The number of anilines is 1. The number of carbonyl (C=O) groups is 1. The molecule has 3 aromatic heterocycles. The Morgan fingerprint density at radius 1 is 1.17 bits per heavy atom. The third-order valence-electron chi connectivity index (χ3n) is 4.71. The Bertz CT molecular complexity index is 1050. The average Bonchev–Trinajstić information content (AvgIpc) is 3.34. The number of aromatic nitrogens is 6. The summed E-state index contributed by atoms with van der Waals surface area (Å²) in [6.07, 6.45) is 0.263. The van der Waals surface area contributed by atoms with Crippen LogP contribution in [0, 0.1) is 13.8 Å². The van der Waals surface area contributed by atoms with Gasteiger partial charge in [0.2, 0.25) is 5.91 Å².